The number of alkyl halides is 3. The van der Waals surface area contributed by atoms with Crippen LogP contribution >= 0.6 is 0 Å². The first-order chi connectivity index (χ1) is 15.4. The number of rotatable bonds is 6. The number of aromatic nitrogens is 2. The fourth-order valence-electron chi connectivity index (χ4n) is 5.07. The highest BCUT2D eigenvalue weighted by atomic mass is 19.4. The van der Waals surface area contributed by atoms with Crippen LogP contribution in [0.1, 0.15) is 67.8 Å². The summed E-state index contributed by atoms with van der Waals surface area (Å²) in [5.74, 6) is 0.727. The third kappa shape index (κ3) is 5.05. The van der Waals surface area contributed by atoms with Gasteiger partial charge in [0, 0.05) is 13.2 Å². The molecule has 2 aliphatic rings. The molecule has 1 saturated carbocycles. The van der Waals surface area contributed by atoms with Crippen LogP contribution in [0.2, 0.25) is 0 Å². The molecule has 0 unspecified atom stereocenters. The van der Waals surface area contributed by atoms with Gasteiger partial charge in [0.25, 0.3) is 0 Å². The normalized spacial score (nSPS) is 24.2. The number of benzene rings is 1. The number of aliphatic hydroxyl groups excluding tert-OH is 1. The van der Waals surface area contributed by atoms with Gasteiger partial charge >= 0.3 is 6.18 Å². The molecule has 1 aromatic carbocycles. The maximum atomic E-state index is 15.4. The summed E-state index contributed by atoms with van der Waals surface area (Å²) in [4.78, 5) is 10.2. The second-order valence-corrected chi connectivity index (χ2v) is 9.04. The summed E-state index contributed by atoms with van der Waals surface area (Å²) in [6.07, 6.45) is 4.08. The zero-order chi connectivity index (χ0) is 22.7. The molecule has 4 rings (SSSR count). The second kappa shape index (κ2) is 9.73. The smallest absolute Gasteiger partial charge is 0.396 e. The molecule has 1 aliphatic carbocycles. The minimum Gasteiger partial charge on any atom is -0.396 e. The lowest BCUT2D eigenvalue weighted by molar-refractivity contribution is -0.137. The van der Waals surface area contributed by atoms with Gasteiger partial charge in [-0.1, -0.05) is 25.0 Å². The van der Waals surface area contributed by atoms with Crippen molar-refractivity contribution in [1.82, 2.24) is 9.97 Å². The van der Waals surface area contributed by atoms with Crippen LogP contribution in [0.25, 0.3) is 0 Å². The van der Waals surface area contributed by atoms with E-state index in [1.54, 1.807) is 0 Å². The molecule has 0 amide bonds. The van der Waals surface area contributed by atoms with Gasteiger partial charge in [0.1, 0.15) is 6.33 Å². The Balaban J connectivity index is 1.46. The van der Waals surface area contributed by atoms with Crippen molar-refractivity contribution in [2.75, 3.05) is 18.1 Å². The molecular formula is C24H29F4N3O. The molecule has 32 heavy (non-hydrogen) atoms. The van der Waals surface area contributed by atoms with Crippen LogP contribution in [0.5, 0.6) is 0 Å². The van der Waals surface area contributed by atoms with Gasteiger partial charge < -0.3 is 10.0 Å². The molecule has 2 fully saturated rings. The lowest BCUT2D eigenvalue weighted by Crippen LogP contribution is -2.25. The third-order valence-electron chi connectivity index (χ3n) is 7.00. The van der Waals surface area contributed by atoms with Gasteiger partial charge in [0.05, 0.1) is 17.3 Å². The van der Waals surface area contributed by atoms with Gasteiger partial charge in [-0.25, -0.2) is 14.4 Å². The standard InChI is InChI=1S/C24H29F4N3O/c25-22-20(12-7-16-3-5-17(14-32)6-4-16)29-15-30-23(22)31-13-1-2-21(31)18-8-10-19(11-9-18)24(26,27)28/h8-11,15-17,21,32H,1-7,12-14H2/t16?,17?,21-/m1/s1. The fourth-order valence-corrected chi connectivity index (χ4v) is 5.07. The minimum absolute atomic E-state index is 0.205. The molecule has 2 heterocycles. The number of hydrogen-bond acceptors (Lipinski definition) is 4. The molecule has 2 aromatic rings. The van der Waals surface area contributed by atoms with Crippen LogP contribution in [0.3, 0.4) is 0 Å². The van der Waals surface area contributed by atoms with E-state index in [2.05, 4.69) is 9.97 Å². The van der Waals surface area contributed by atoms with E-state index in [0.717, 1.165) is 62.6 Å². The zero-order valence-corrected chi connectivity index (χ0v) is 18.0. The first-order valence-corrected chi connectivity index (χ1v) is 11.4. The van der Waals surface area contributed by atoms with Crippen molar-refractivity contribution in [1.29, 1.82) is 0 Å². The number of anilines is 1. The van der Waals surface area contributed by atoms with Crippen LogP contribution in [0, 0.1) is 17.7 Å². The summed E-state index contributed by atoms with van der Waals surface area (Å²) < 4.78 is 54.0. The van der Waals surface area contributed by atoms with Crippen LogP contribution in [-0.4, -0.2) is 28.2 Å². The highest BCUT2D eigenvalue weighted by molar-refractivity contribution is 5.46. The Morgan fingerprint density at radius 2 is 1.66 bits per heavy atom. The summed E-state index contributed by atoms with van der Waals surface area (Å²) in [5, 5.41) is 9.29. The number of nitrogens with zero attached hydrogens (tertiary/aromatic N) is 3. The second-order valence-electron chi connectivity index (χ2n) is 9.04. The van der Waals surface area contributed by atoms with Gasteiger partial charge in [-0.2, -0.15) is 13.2 Å². The molecule has 174 valence electrons. The average molecular weight is 452 g/mol. The maximum Gasteiger partial charge on any atom is 0.416 e. The molecule has 1 saturated heterocycles. The third-order valence-corrected chi connectivity index (χ3v) is 7.00. The van der Waals surface area contributed by atoms with Crippen molar-refractivity contribution in [3.05, 3.63) is 53.2 Å². The van der Waals surface area contributed by atoms with Crippen molar-refractivity contribution in [2.24, 2.45) is 11.8 Å². The highest BCUT2D eigenvalue weighted by Gasteiger charge is 2.33. The van der Waals surface area contributed by atoms with Gasteiger partial charge in [0.15, 0.2) is 11.6 Å². The summed E-state index contributed by atoms with van der Waals surface area (Å²) in [5.41, 5.74) is 0.447. The topological polar surface area (TPSA) is 49.3 Å². The Bertz CT molecular complexity index is 895. The maximum absolute atomic E-state index is 15.4. The molecule has 1 atom stereocenters. The zero-order valence-electron chi connectivity index (χ0n) is 18.0. The fraction of sp³-hybridized carbons (Fsp3) is 0.583. The highest BCUT2D eigenvalue weighted by Crippen LogP contribution is 2.38. The number of halogens is 4. The Morgan fingerprint density at radius 3 is 2.31 bits per heavy atom. The first-order valence-electron chi connectivity index (χ1n) is 11.4. The monoisotopic (exact) mass is 451 g/mol. The lowest BCUT2D eigenvalue weighted by Gasteiger charge is -2.28. The summed E-state index contributed by atoms with van der Waals surface area (Å²) in [6, 6.07) is 4.92. The number of aryl methyl sites for hydroxylation is 1. The summed E-state index contributed by atoms with van der Waals surface area (Å²) in [6.45, 7) is 0.844. The summed E-state index contributed by atoms with van der Waals surface area (Å²) >= 11 is 0. The summed E-state index contributed by atoms with van der Waals surface area (Å²) in [7, 11) is 0. The largest absolute Gasteiger partial charge is 0.416 e. The van der Waals surface area contributed by atoms with Crippen molar-refractivity contribution in [3.63, 3.8) is 0 Å². The van der Waals surface area contributed by atoms with Gasteiger partial charge in [-0.15, -0.1) is 0 Å². The minimum atomic E-state index is -4.38. The van der Waals surface area contributed by atoms with Gasteiger partial charge in [-0.05, 0) is 68.1 Å². The molecule has 8 heteroatoms. The van der Waals surface area contributed by atoms with Crippen LogP contribution < -0.4 is 4.90 Å². The lowest BCUT2D eigenvalue weighted by atomic mass is 9.80. The Labute approximate surface area is 185 Å². The van der Waals surface area contributed by atoms with E-state index in [-0.39, 0.29) is 18.5 Å². The molecule has 1 aromatic heterocycles. The molecule has 1 N–H and O–H groups in total. The van der Waals surface area contributed by atoms with E-state index in [4.69, 9.17) is 0 Å². The quantitative estimate of drug-likeness (QED) is 0.572. The SMILES string of the molecule is OCC1CCC(CCc2ncnc(N3CCC[C@@H]3c3ccc(C(F)(F)F)cc3)c2F)CC1. The number of hydrogen-bond donors (Lipinski definition) is 1. The van der Waals surface area contributed by atoms with E-state index in [1.807, 2.05) is 4.90 Å². The Hall–Kier alpha value is -2.22. The van der Waals surface area contributed by atoms with E-state index in [1.165, 1.54) is 18.5 Å². The molecule has 0 spiro atoms. The van der Waals surface area contributed by atoms with Crippen molar-refractivity contribution >= 4 is 5.82 Å². The molecule has 0 radical (unpaired) electrons. The van der Waals surface area contributed by atoms with Crippen LogP contribution in [-0.2, 0) is 12.6 Å². The van der Waals surface area contributed by atoms with E-state index in [9.17, 15) is 18.3 Å². The van der Waals surface area contributed by atoms with Gasteiger partial charge in [-0.3, -0.25) is 0 Å². The number of aliphatic hydroxyl groups is 1. The van der Waals surface area contributed by atoms with Crippen molar-refractivity contribution < 1.29 is 22.7 Å². The predicted octanol–water partition coefficient (Wildman–Crippen LogP) is 5.71. The Kier molecular flexibility index (Phi) is 6.98. The molecular weight excluding hydrogens is 422 g/mol. The average Bonchev–Trinajstić information content (AvgIpc) is 3.28. The Morgan fingerprint density at radius 1 is 0.969 bits per heavy atom. The van der Waals surface area contributed by atoms with Crippen molar-refractivity contribution in [2.45, 2.75) is 63.6 Å². The first kappa shape index (κ1) is 23.0. The van der Waals surface area contributed by atoms with Crippen LogP contribution in [0.4, 0.5) is 23.4 Å². The van der Waals surface area contributed by atoms with Gasteiger partial charge in [0.2, 0.25) is 0 Å². The van der Waals surface area contributed by atoms with Crippen molar-refractivity contribution in [3.8, 4) is 0 Å². The molecule has 4 nitrogen and oxygen atoms in total. The van der Waals surface area contributed by atoms with E-state index in [0.29, 0.717) is 30.5 Å². The molecule has 1 aliphatic heterocycles. The van der Waals surface area contributed by atoms with E-state index < -0.39 is 17.6 Å². The van der Waals surface area contributed by atoms with Crippen LogP contribution in [0.15, 0.2) is 30.6 Å². The molecule has 0 bridgehead atoms. The van der Waals surface area contributed by atoms with E-state index >= 15 is 4.39 Å². The predicted molar refractivity (Wildman–Crippen MR) is 114 cm³/mol.